The topological polar surface area (TPSA) is 26.3 Å². The molecule has 0 saturated carbocycles. The Balaban J connectivity index is 3.36. The summed E-state index contributed by atoms with van der Waals surface area (Å²) in [6, 6.07) is 0. The summed E-state index contributed by atoms with van der Waals surface area (Å²) in [5, 5.41) is 0. The molecular formula is C16H32O2. The minimum atomic E-state index is -0.0413. The predicted octanol–water partition coefficient (Wildman–Crippen LogP) is 5.10. The lowest BCUT2D eigenvalue weighted by atomic mass is 10.1. The van der Waals surface area contributed by atoms with Crippen LogP contribution in [0.1, 0.15) is 85.5 Å². The molecule has 0 aliphatic heterocycles. The van der Waals surface area contributed by atoms with Gasteiger partial charge >= 0.3 is 5.97 Å². The first-order valence-electron chi connectivity index (χ1n) is 7.75. The van der Waals surface area contributed by atoms with E-state index >= 15 is 0 Å². The molecule has 0 aromatic rings. The molecule has 0 fully saturated rings. The van der Waals surface area contributed by atoms with Crippen molar-refractivity contribution in [3.63, 3.8) is 0 Å². The zero-order valence-corrected chi connectivity index (χ0v) is 12.8. The molecule has 0 unspecified atom stereocenters. The molecule has 0 amide bonds. The van der Waals surface area contributed by atoms with Gasteiger partial charge in [-0.3, -0.25) is 4.79 Å². The molecule has 0 N–H and O–H groups in total. The molecule has 2 heteroatoms. The third kappa shape index (κ3) is 11.9. The van der Waals surface area contributed by atoms with E-state index in [1.807, 2.05) is 20.8 Å². The average Bonchev–Trinajstić information content (AvgIpc) is 2.26. The summed E-state index contributed by atoms with van der Waals surface area (Å²) in [4.78, 5) is 11.4. The fraction of sp³-hybridized carbons (Fsp3) is 0.938. The largest absolute Gasteiger partial charge is 0.463 e. The van der Waals surface area contributed by atoms with Crippen molar-refractivity contribution < 1.29 is 9.53 Å². The molecule has 0 saturated heterocycles. The van der Waals surface area contributed by atoms with Crippen LogP contribution in [-0.2, 0) is 9.53 Å². The summed E-state index contributed by atoms with van der Waals surface area (Å²) in [7, 11) is 0. The lowest BCUT2D eigenvalue weighted by molar-refractivity contribution is -0.149. The van der Waals surface area contributed by atoms with Gasteiger partial charge in [0.15, 0.2) is 0 Å². The Labute approximate surface area is 113 Å². The zero-order chi connectivity index (χ0) is 13.8. The van der Waals surface area contributed by atoms with Crippen LogP contribution in [0.3, 0.4) is 0 Å². The highest BCUT2D eigenvalue weighted by Crippen LogP contribution is 2.12. The lowest BCUT2D eigenvalue weighted by Gasteiger charge is -2.14. The van der Waals surface area contributed by atoms with E-state index in [1.54, 1.807) is 0 Å². The Morgan fingerprint density at radius 2 is 1.50 bits per heavy atom. The van der Waals surface area contributed by atoms with Crippen LogP contribution in [0.25, 0.3) is 0 Å². The monoisotopic (exact) mass is 256 g/mol. The maximum atomic E-state index is 11.4. The number of carbonyl (C=O) groups excluding carboxylic acids is 1. The number of ether oxygens (including phenoxy) is 1. The van der Waals surface area contributed by atoms with Crippen molar-refractivity contribution in [1.82, 2.24) is 0 Å². The molecule has 1 atom stereocenters. The standard InChI is InChI=1S/C16H32O2/c1-5-6-7-8-9-10-11-12-15(4)18-16(17)13-14(2)3/h14-15H,5-13H2,1-4H3/t15-/m0/s1. The summed E-state index contributed by atoms with van der Waals surface area (Å²) in [6.45, 7) is 8.34. The van der Waals surface area contributed by atoms with E-state index in [0.29, 0.717) is 12.3 Å². The predicted molar refractivity (Wildman–Crippen MR) is 77.6 cm³/mol. The Kier molecular flexibility index (Phi) is 11.2. The number of carbonyl (C=O) groups is 1. The van der Waals surface area contributed by atoms with Gasteiger partial charge in [-0.1, -0.05) is 59.3 Å². The van der Waals surface area contributed by atoms with Crippen molar-refractivity contribution in [2.24, 2.45) is 5.92 Å². The van der Waals surface area contributed by atoms with E-state index < -0.39 is 0 Å². The molecule has 0 aliphatic rings. The molecule has 0 rings (SSSR count). The van der Waals surface area contributed by atoms with E-state index in [2.05, 4.69) is 6.92 Å². The average molecular weight is 256 g/mol. The highest BCUT2D eigenvalue weighted by molar-refractivity contribution is 5.69. The second-order valence-electron chi connectivity index (χ2n) is 5.81. The first-order valence-corrected chi connectivity index (χ1v) is 7.75. The van der Waals surface area contributed by atoms with E-state index in [0.717, 1.165) is 6.42 Å². The fourth-order valence-corrected chi connectivity index (χ4v) is 2.05. The number of rotatable bonds is 11. The summed E-state index contributed by atoms with van der Waals surface area (Å²) in [5.74, 6) is 0.351. The Morgan fingerprint density at radius 1 is 0.944 bits per heavy atom. The van der Waals surface area contributed by atoms with Gasteiger partial charge < -0.3 is 4.74 Å². The van der Waals surface area contributed by atoms with Crippen LogP contribution in [0, 0.1) is 5.92 Å². The maximum Gasteiger partial charge on any atom is 0.306 e. The van der Waals surface area contributed by atoms with Crippen LogP contribution in [0.5, 0.6) is 0 Å². The molecule has 0 radical (unpaired) electrons. The third-order valence-corrected chi connectivity index (χ3v) is 3.12. The van der Waals surface area contributed by atoms with Gasteiger partial charge in [0, 0.05) is 6.42 Å². The molecule has 2 nitrogen and oxygen atoms in total. The first-order chi connectivity index (χ1) is 8.56. The minimum absolute atomic E-state index is 0.0413. The van der Waals surface area contributed by atoms with Crippen molar-refractivity contribution in [3.8, 4) is 0 Å². The van der Waals surface area contributed by atoms with Crippen LogP contribution in [0.2, 0.25) is 0 Å². The van der Waals surface area contributed by atoms with Gasteiger partial charge in [-0.15, -0.1) is 0 Å². The van der Waals surface area contributed by atoms with Gasteiger partial charge in [0.25, 0.3) is 0 Å². The Hall–Kier alpha value is -0.530. The van der Waals surface area contributed by atoms with Crippen LogP contribution in [0.4, 0.5) is 0 Å². The van der Waals surface area contributed by atoms with Crippen molar-refractivity contribution >= 4 is 5.97 Å². The third-order valence-electron chi connectivity index (χ3n) is 3.12. The van der Waals surface area contributed by atoms with Crippen molar-refractivity contribution in [1.29, 1.82) is 0 Å². The van der Waals surface area contributed by atoms with E-state index in [9.17, 15) is 4.79 Å². The molecule has 0 heterocycles. The van der Waals surface area contributed by atoms with Crippen molar-refractivity contribution in [2.75, 3.05) is 0 Å². The molecule has 0 spiro atoms. The highest BCUT2D eigenvalue weighted by Gasteiger charge is 2.10. The number of hydrogen-bond acceptors (Lipinski definition) is 2. The molecule has 18 heavy (non-hydrogen) atoms. The number of hydrogen-bond donors (Lipinski definition) is 0. The number of unbranched alkanes of at least 4 members (excludes halogenated alkanes) is 6. The van der Waals surface area contributed by atoms with Crippen molar-refractivity contribution in [2.45, 2.75) is 91.6 Å². The van der Waals surface area contributed by atoms with Gasteiger partial charge in [0.1, 0.15) is 0 Å². The van der Waals surface area contributed by atoms with Crippen LogP contribution < -0.4 is 0 Å². The molecule has 0 aromatic heterocycles. The molecular weight excluding hydrogens is 224 g/mol. The Morgan fingerprint density at radius 3 is 2.06 bits per heavy atom. The van der Waals surface area contributed by atoms with E-state index in [1.165, 1.54) is 44.9 Å². The van der Waals surface area contributed by atoms with Crippen molar-refractivity contribution in [3.05, 3.63) is 0 Å². The quantitative estimate of drug-likeness (QED) is 0.379. The lowest BCUT2D eigenvalue weighted by Crippen LogP contribution is -2.16. The summed E-state index contributed by atoms with van der Waals surface area (Å²) in [6.07, 6.45) is 10.8. The van der Waals surface area contributed by atoms with Crippen LogP contribution in [0.15, 0.2) is 0 Å². The summed E-state index contributed by atoms with van der Waals surface area (Å²) in [5.41, 5.74) is 0. The first kappa shape index (κ1) is 17.5. The van der Waals surface area contributed by atoms with Crippen LogP contribution >= 0.6 is 0 Å². The fourth-order valence-electron chi connectivity index (χ4n) is 2.05. The smallest absolute Gasteiger partial charge is 0.306 e. The van der Waals surface area contributed by atoms with Gasteiger partial charge in [-0.05, 0) is 25.7 Å². The van der Waals surface area contributed by atoms with Gasteiger partial charge in [0.05, 0.1) is 6.10 Å². The highest BCUT2D eigenvalue weighted by atomic mass is 16.5. The summed E-state index contributed by atoms with van der Waals surface area (Å²) < 4.78 is 5.37. The maximum absolute atomic E-state index is 11.4. The molecule has 0 bridgehead atoms. The van der Waals surface area contributed by atoms with Crippen LogP contribution in [-0.4, -0.2) is 12.1 Å². The van der Waals surface area contributed by atoms with Gasteiger partial charge in [-0.25, -0.2) is 0 Å². The second-order valence-corrected chi connectivity index (χ2v) is 5.81. The summed E-state index contributed by atoms with van der Waals surface area (Å²) >= 11 is 0. The minimum Gasteiger partial charge on any atom is -0.463 e. The van der Waals surface area contributed by atoms with Gasteiger partial charge in [0.2, 0.25) is 0 Å². The SMILES string of the molecule is CCCCCCCCC[C@H](C)OC(=O)CC(C)C. The molecule has 0 aromatic carbocycles. The van der Waals surface area contributed by atoms with E-state index in [4.69, 9.17) is 4.74 Å². The van der Waals surface area contributed by atoms with E-state index in [-0.39, 0.29) is 12.1 Å². The molecule has 0 aliphatic carbocycles. The zero-order valence-electron chi connectivity index (χ0n) is 12.8. The van der Waals surface area contributed by atoms with Gasteiger partial charge in [-0.2, -0.15) is 0 Å². The Bertz CT molecular complexity index is 199. The normalized spacial score (nSPS) is 12.7. The molecule has 108 valence electrons. The second kappa shape index (κ2) is 11.6. The number of esters is 1.